The van der Waals surface area contributed by atoms with Crippen molar-refractivity contribution in [2.45, 2.75) is 22.5 Å². The van der Waals surface area contributed by atoms with Crippen LogP contribution in [0.2, 0.25) is 0 Å². The van der Waals surface area contributed by atoms with E-state index in [1.165, 1.54) is 18.3 Å². The minimum absolute atomic E-state index is 0.0200. The van der Waals surface area contributed by atoms with Gasteiger partial charge in [0.1, 0.15) is 11.1 Å². The van der Waals surface area contributed by atoms with Gasteiger partial charge < -0.3 is 5.32 Å². The van der Waals surface area contributed by atoms with Crippen LogP contribution >= 0.6 is 0 Å². The molecule has 1 atom stereocenters. The highest BCUT2D eigenvalue weighted by Crippen LogP contribution is 2.30. The molecule has 0 spiro atoms. The first-order chi connectivity index (χ1) is 16.9. The molecule has 0 aliphatic carbocycles. The van der Waals surface area contributed by atoms with Crippen LogP contribution in [0.15, 0.2) is 114 Å². The summed E-state index contributed by atoms with van der Waals surface area (Å²) in [6.45, 7) is -0.138. The average Bonchev–Trinajstić information content (AvgIpc) is 2.89. The summed E-state index contributed by atoms with van der Waals surface area (Å²) in [5, 5.41) is 1.75. The number of hydrogen-bond donors (Lipinski definition) is 1. The molecule has 4 rings (SSSR count). The largest absolute Gasteiger partial charge is 0.354 e. The fourth-order valence-electron chi connectivity index (χ4n) is 4.02. The van der Waals surface area contributed by atoms with Gasteiger partial charge in [0.25, 0.3) is 0 Å². The number of benzene rings is 3. The molecular formula is C28H25FN2O3S. The number of carbonyl (C=O) groups excluding carboxylic acids is 1. The van der Waals surface area contributed by atoms with E-state index in [9.17, 15) is 17.6 Å². The Kier molecular flexibility index (Phi) is 7.67. The molecule has 7 heteroatoms. The zero-order chi connectivity index (χ0) is 24.7. The van der Waals surface area contributed by atoms with Crippen LogP contribution in [0, 0.1) is 5.82 Å². The van der Waals surface area contributed by atoms with Crippen molar-refractivity contribution in [3.05, 3.63) is 132 Å². The third kappa shape index (κ3) is 6.00. The molecule has 0 fully saturated rings. The van der Waals surface area contributed by atoms with E-state index in [2.05, 4.69) is 10.3 Å². The molecule has 4 aromatic rings. The maximum Gasteiger partial charge on any atom is 0.221 e. The van der Waals surface area contributed by atoms with Crippen molar-refractivity contribution in [3.8, 4) is 0 Å². The molecule has 0 radical (unpaired) electrons. The SMILES string of the molecule is O=C(CC(c1ccccc1)c1ccccc1)NCC(c1cccnc1)S(=O)(=O)c1ccc(F)cc1. The van der Waals surface area contributed by atoms with Gasteiger partial charge in [-0.15, -0.1) is 0 Å². The van der Waals surface area contributed by atoms with Gasteiger partial charge in [0.05, 0.1) is 4.90 Å². The highest BCUT2D eigenvalue weighted by molar-refractivity contribution is 7.91. The highest BCUT2D eigenvalue weighted by atomic mass is 32.2. The Balaban J connectivity index is 1.56. The number of aromatic nitrogens is 1. The Morgan fingerprint density at radius 1 is 0.800 bits per heavy atom. The predicted molar refractivity (Wildman–Crippen MR) is 133 cm³/mol. The molecule has 1 heterocycles. The van der Waals surface area contributed by atoms with Crippen LogP contribution in [0.1, 0.15) is 34.3 Å². The second-order valence-electron chi connectivity index (χ2n) is 8.16. The van der Waals surface area contributed by atoms with Crippen molar-refractivity contribution in [1.29, 1.82) is 0 Å². The van der Waals surface area contributed by atoms with E-state index in [4.69, 9.17) is 0 Å². The van der Waals surface area contributed by atoms with Gasteiger partial charge in [0, 0.05) is 31.3 Å². The molecule has 178 valence electrons. The lowest BCUT2D eigenvalue weighted by Crippen LogP contribution is -2.33. The molecule has 0 aliphatic heterocycles. The molecule has 35 heavy (non-hydrogen) atoms. The maximum absolute atomic E-state index is 13.4. The van der Waals surface area contributed by atoms with E-state index in [0.29, 0.717) is 5.56 Å². The number of nitrogens with zero attached hydrogens (tertiary/aromatic N) is 1. The lowest BCUT2D eigenvalue weighted by molar-refractivity contribution is -0.121. The first kappa shape index (κ1) is 24.3. The molecule has 1 unspecified atom stereocenters. The molecule has 0 saturated heterocycles. The second-order valence-corrected chi connectivity index (χ2v) is 10.3. The van der Waals surface area contributed by atoms with E-state index in [0.717, 1.165) is 23.3 Å². The van der Waals surface area contributed by atoms with Gasteiger partial charge in [-0.1, -0.05) is 66.7 Å². The molecule has 0 bridgehead atoms. The molecule has 1 aromatic heterocycles. The molecule has 1 N–H and O–H groups in total. The molecule has 1 amide bonds. The van der Waals surface area contributed by atoms with Crippen LogP contribution in [0.3, 0.4) is 0 Å². The van der Waals surface area contributed by atoms with Crippen LogP contribution in [-0.2, 0) is 14.6 Å². The first-order valence-corrected chi connectivity index (χ1v) is 12.8. The Bertz CT molecular complexity index is 1310. The monoisotopic (exact) mass is 488 g/mol. The molecule has 3 aromatic carbocycles. The van der Waals surface area contributed by atoms with Crippen LogP contribution in [-0.4, -0.2) is 25.9 Å². The van der Waals surface area contributed by atoms with Gasteiger partial charge in [0.15, 0.2) is 9.84 Å². The zero-order valence-corrected chi connectivity index (χ0v) is 19.7. The zero-order valence-electron chi connectivity index (χ0n) is 18.9. The molecular weight excluding hydrogens is 463 g/mol. The third-order valence-electron chi connectivity index (χ3n) is 5.85. The number of carbonyl (C=O) groups is 1. The van der Waals surface area contributed by atoms with E-state index < -0.39 is 20.9 Å². The van der Waals surface area contributed by atoms with Crippen molar-refractivity contribution < 1.29 is 17.6 Å². The first-order valence-electron chi connectivity index (χ1n) is 11.2. The number of halogens is 1. The number of rotatable bonds is 9. The summed E-state index contributed by atoms with van der Waals surface area (Å²) >= 11 is 0. The second kappa shape index (κ2) is 11.1. The van der Waals surface area contributed by atoms with Crippen LogP contribution in [0.4, 0.5) is 4.39 Å². The number of nitrogens with one attached hydrogen (secondary N) is 1. The van der Waals surface area contributed by atoms with Gasteiger partial charge in [-0.3, -0.25) is 9.78 Å². The lowest BCUT2D eigenvalue weighted by atomic mass is 9.88. The Hall–Kier alpha value is -3.84. The fraction of sp³-hybridized carbons (Fsp3) is 0.143. The van der Waals surface area contributed by atoms with Gasteiger partial charge in [-0.25, -0.2) is 12.8 Å². The Morgan fingerprint density at radius 3 is 1.91 bits per heavy atom. The maximum atomic E-state index is 13.4. The van der Waals surface area contributed by atoms with Crippen molar-refractivity contribution in [3.63, 3.8) is 0 Å². The standard InChI is InChI=1S/C28H25FN2O3S/c29-24-13-15-25(16-14-24)35(33,34)27(23-12-7-17-30-19-23)20-31-28(32)18-26(21-8-3-1-4-9-21)22-10-5-2-6-11-22/h1-17,19,26-27H,18,20H2,(H,31,32). The predicted octanol–water partition coefficient (Wildman–Crippen LogP) is 5.07. The van der Waals surface area contributed by atoms with E-state index in [1.807, 2.05) is 60.7 Å². The summed E-state index contributed by atoms with van der Waals surface area (Å²) in [5.74, 6) is -0.975. The van der Waals surface area contributed by atoms with Crippen LogP contribution in [0.25, 0.3) is 0 Å². The molecule has 5 nitrogen and oxygen atoms in total. The molecule has 0 saturated carbocycles. The van der Waals surface area contributed by atoms with Gasteiger partial charge in [-0.2, -0.15) is 0 Å². The Labute approximate surface area is 204 Å². The van der Waals surface area contributed by atoms with E-state index in [1.54, 1.807) is 18.3 Å². The van der Waals surface area contributed by atoms with Gasteiger partial charge in [0.2, 0.25) is 5.91 Å². The molecule has 0 aliphatic rings. The topological polar surface area (TPSA) is 76.1 Å². The third-order valence-corrected chi connectivity index (χ3v) is 7.97. The van der Waals surface area contributed by atoms with E-state index >= 15 is 0 Å². The highest BCUT2D eigenvalue weighted by Gasteiger charge is 2.30. The normalized spacial score (nSPS) is 12.3. The fourth-order valence-corrected chi connectivity index (χ4v) is 5.67. The number of sulfone groups is 1. The van der Waals surface area contributed by atoms with Gasteiger partial charge >= 0.3 is 0 Å². The number of pyridine rings is 1. The smallest absolute Gasteiger partial charge is 0.221 e. The summed E-state index contributed by atoms with van der Waals surface area (Å²) < 4.78 is 40.2. The van der Waals surface area contributed by atoms with E-state index in [-0.39, 0.29) is 29.7 Å². The minimum Gasteiger partial charge on any atom is -0.354 e. The lowest BCUT2D eigenvalue weighted by Gasteiger charge is -2.21. The average molecular weight is 489 g/mol. The van der Waals surface area contributed by atoms with Gasteiger partial charge in [-0.05, 0) is 47.0 Å². The minimum atomic E-state index is -3.92. The quantitative estimate of drug-likeness (QED) is 0.334. The number of amides is 1. The van der Waals surface area contributed by atoms with Crippen molar-refractivity contribution >= 4 is 15.7 Å². The Morgan fingerprint density at radius 2 is 1.37 bits per heavy atom. The van der Waals surface area contributed by atoms with Crippen molar-refractivity contribution in [2.75, 3.05) is 6.54 Å². The van der Waals surface area contributed by atoms with Crippen molar-refractivity contribution in [1.82, 2.24) is 10.3 Å². The summed E-state index contributed by atoms with van der Waals surface area (Å²) in [6, 6.07) is 27.4. The van der Waals surface area contributed by atoms with Crippen LogP contribution < -0.4 is 5.32 Å². The summed E-state index contributed by atoms with van der Waals surface area (Å²) in [7, 11) is -3.92. The summed E-state index contributed by atoms with van der Waals surface area (Å²) in [6.07, 6.45) is 3.17. The summed E-state index contributed by atoms with van der Waals surface area (Å²) in [4.78, 5) is 17.1. The number of hydrogen-bond acceptors (Lipinski definition) is 4. The van der Waals surface area contributed by atoms with Crippen molar-refractivity contribution in [2.24, 2.45) is 0 Å². The summed E-state index contributed by atoms with van der Waals surface area (Å²) in [5.41, 5.74) is 2.44. The van der Waals surface area contributed by atoms with Crippen LogP contribution in [0.5, 0.6) is 0 Å².